The second kappa shape index (κ2) is 11.6. The van der Waals surface area contributed by atoms with Crippen LogP contribution in [0.3, 0.4) is 0 Å². The molecule has 3 rings (SSSR count). The first-order chi connectivity index (χ1) is 16.3. The van der Waals surface area contributed by atoms with Gasteiger partial charge in [0, 0.05) is 25.6 Å². The first kappa shape index (κ1) is 25.9. The van der Waals surface area contributed by atoms with Crippen LogP contribution in [0.25, 0.3) is 10.8 Å². The number of aliphatic hydroxyl groups excluding tert-OH is 1. The number of nitrogens with one attached hydrogen (secondary N) is 2. The third kappa shape index (κ3) is 6.23. The van der Waals surface area contributed by atoms with E-state index in [0.717, 1.165) is 11.8 Å². The Morgan fingerprint density at radius 3 is 2.71 bits per heavy atom. The molecule has 0 bridgehead atoms. The highest BCUT2D eigenvalue weighted by atomic mass is 32.2. The maximum atomic E-state index is 13.1. The van der Waals surface area contributed by atoms with Crippen molar-refractivity contribution in [2.75, 3.05) is 33.4 Å². The van der Waals surface area contributed by atoms with E-state index in [0.29, 0.717) is 43.5 Å². The molecule has 1 heterocycles. The summed E-state index contributed by atoms with van der Waals surface area (Å²) in [6.07, 6.45) is 2.30. The maximum Gasteiger partial charge on any atom is 0.243 e. The molecule has 0 aromatic heterocycles. The summed E-state index contributed by atoms with van der Waals surface area (Å²) in [7, 11) is -2.56. The summed E-state index contributed by atoms with van der Waals surface area (Å²) in [5, 5.41) is 14.1. The van der Waals surface area contributed by atoms with Gasteiger partial charge in [-0.2, -0.15) is 4.72 Å². The third-order valence-corrected chi connectivity index (χ3v) is 7.38. The summed E-state index contributed by atoms with van der Waals surface area (Å²) < 4.78 is 33.6. The van der Waals surface area contributed by atoms with Crippen molar-refractivity contribution >= 4 is 32.6 Å². The molecule has 2 aromatic carbocycles. The fourth-order valence-corrected chi connectivity index (χ4v) is 5.25. The molecule has 0 spiro atoms. The summed E-state index contributed by atoms with van der Waals surface area (Å²) >= 11 is 0. The Hall–Kier alpha value is -2.73. The largest absolute Gasteiger partial charge is 0.497 e. The van der Waals surface area contributed by atoms with Gasteiger partial charge in [0.1, 0.15) is 11.8 Å². The number of methoxy groups -OCH3 is 1. The minimum Gasteiger partial charge on any atom is -0.497 e. The van der Waals surface area contributed by atoms with Gasteiger partial charge < -0.3 is 25.8 Å². The van der Waals surface area contributed by atoms with Crippen LogP contribution in [0.2, 0.25) is 0 Å². The molecule has 0 aliphatic carbocycles. The first-order valence-electron chi connectivity index (χ1n) is 11.3. The molecule has 0 unspecified atom stereocenters. The highest BCUT2D eigenvalue weighted by Gasteiger charge is 2.35. The fourth-order valence-electron chi connectivity index (χ4n) is 4.04. The van der Waals surface area contributed by atoms with E-state index >= 15 is 0 Å². The molecule has 0 radical (unpaired) electrons. The highest BCUT2D eigenvalue weighted by molar-refractivity contribution is 7.89. The number of benzene rings is 2. The SMILES string of the molecule is COc1ccc2ccc(S(=O)(=O)N[C@@H](CO)C(=O)N3CCC[C@H]3CNC(=O)CCCN)cc2c1. The van der Waals surface area contributed by atoms with Gasteiger partial charge >= 0.3 is 0 Å². The third-order valence-electron chi connectivity index (χ3n) is 5.91. The Kier molecular flexibility index (Phi) is 8.84. The van der Waals surface area contributed by atoms with Crippen molar-refractivity contribution in [1.82, 2.24) is 14.9 Å². The van der Waals surface area contributed by atoms with E-state index in [9.17, 15) is 23.1 Å². The smallest absolute Gasteiger partial charge is 0.243 e. The number of amides is 2. The molecule has 34 heavy (non-hydrogen) atoms. The zero-order chi connectivity index (χ0) is 24.7. The zero-order valence-electron chi connectivity index (χ0n) is 19.2. The summed E-state index contributed by atoms with van der Waals surface area (Å²) in [6.45, 7) is 0.429. The number of rotatable bonds is 11. The maximum absolute atomic E-state index is 13.1. The lowest BCUT2D eigenvalue weighted by Gasteiger charge is -2.28. The Morgan fingerprint density at radius 2 is 2.00 bits per heavy atom. The molecular weight excluding hydrogens is 460 g/mol. The second-order valence-electron chi connectivity index (χ2n) is 8.26. The number of fused-ring (bicyclic) bond motifs is 1. The van der Waals surface area contributed by atoms with Crippen LogP contribution in [0.5, 0.6) is 5.75 Å². The minimum absolute atomic E-state index is 0.0235. The van der Waals surface area contributed by atoms with Crippen LogP contribution in [0.15, 0.2) is 41.3 Å². The number of hydrogen-bond donors (Lipinski definition) is 4. The van der Waals surface area contributed by atoms with E-state index in [4.69, 9.17) is 10.5 Å². The minimum atomic E-state index is -4.09. The number of carbonyl (C=O) groups excluding carboxylic acids is 2. The molecule has 10 nitrogen and oxygen atoms in total. The van der Waals surface area contributed by atoms with Gasteiger partial charge in [-0.3, -0.25) is 9.59 Å². The molecule has 186 valence electrons. The number of likely N-dealkylation sites (tertiary alicyclic amines) is 1. The van der Waals surface area contributed by atoms with E-state index < -0.39 is 28.6 Å². The molecule has 5 N–H and O–H groups in total. The van der Waals surface area contributed by atoms with E-state index in [1.54, 1.807) is 18.2 Å². The van der Waals surface area contributed by atoms with E-state index in [1.807, 2.05) is 6.07 Å². The summed E-state index contributed by atoms with van der Waals surface area (Å²) in [6, 6.07) is 8.34. The van der Waals surface area contributed by atoms with Crippen LogP contribution in [0, 0.1) is 0 Å². The van der Waals surface area contributed by atoms with Gasteiger partial charge in [-0.15, -0.1) is 0 Å². The zero-order valence-corrected chi connectivity index (χ0v) is 20.0. The molecular formula is C23H32N4O6S. The standard InChI is InChI=1S/C23H32N4O6S/c1-33-19-8-6-16-7-9-20(13-17(16)12-19)34(31,32)26-21(15-28)23(30)27-11-3-4-18(27)14-25-22(29)5-2-10-24/h6-9,12-13,18,21,26,28H,2-5,10-11,14-15,24H2,1H3,(H,25,29)/t18-,21-/m0/s1. The van der Waals surface area contributed by atoms with Crippen LogP contribution >= 0.6 is 0 Å². The molecule has 2 amide bonds. The Labute approximate surface area is 199 Å². The van der Waals surface area contributed by atoms with Gasteiger partial charge in [-0.05, 0) is 60.8 Å². The van der Waals surface area contributed by atoms with Gasteiger partial charge in [0.05, 0.1) is 18.6 Å². The lowest BCUT2D eigenvalue weighted by Crippen LogP contribution is -2.53. The van der Waals surface area contributed by atoms with Crippen molar-refractivity contribution < 1.29 is 27.9 Å². The molecule has 1 aliphatic rings. The van der Waals surface area contributed by atoms with Crippen molar-refractivity contribution in [3.8, 4) is 5.75 Å². The van der Waals surface area contributed by atoms with Crippen LogP contribution in [-0.4, -0.2) is 75.7 Å². The average molecular weight is 493 g/mol. The van der Waals surface area contributed by atoms with Crippen molar-refractivity contribution in [2.45, 2.75) is 42.7 Å². The predicted molar refractivity (Wildman–Crippen MR) is 128 cm³/mol. The Balaban J connectivity index is 1.71. The fraction of sp³-hybridized carbons (Fsp3) is 0.478. The first-order valence-corrected chi connectivity index (χ1v) is 12.8. The average Bonchev–Trinajstić information content (AvgIpc) is 3.32. The molecule has 11 heteroatoms. The monoisotopic (exact) mass is 492 g/mol. The molecule has 2 atom stereocenters. The quantitative estimate of drug-likeness (QED) is 0.353. The Bertz CT molecular complexity index is 1120. The second-order valence-corrected chi connectivity index (χ2v) is 9.97. The molecule has 1 fully saturated rings. The number of hydrogen-bond acceptors (Lipinski definition) is 7. The van der Waals surface area contributed by atoms with Crippen LogP contribution in [0.4, 0.5) is 0 Å². The van der Waals surface area contributed by atoms with Crippen LogP contribution in [0.1, 0.15) is 25.7 Å². The van der Waals surface area contributed by atoms with E-state index in [2.05, 4.69) is 10.0 Å². The molecule has 2 aromatic rings. The molecule has 1 aliphatic heterocycles. The van der Waals surface area contributed by atoms with Crippen molar-refractivity contribution in [3.05, 3.63) is 36.4 Å². The molecule has 0 saturated carbocycles. The predicted octanol–water partition coefficient (Wildman–Crippen LogP) is 0.334. The summed E-state index contributed by atoms with van der Waals surface area (Å²) in [5.41, 5.74) is 5.42. The van der Waals surface area contributed by atoms with E-state index in [1.165, 1.54) is 24.1 Å². The van der Waals surface area contributed by atoms with Crippen molar-refractivity contribution in [3.63, 3.8) is 0 Å². The summed E-state index contributed by atoms with van der Waals surface area (Å²) in [4.78, 5) is 26.5. The number of nitrogens with zero attached hydrogens (tertiary/aromatic N) is 1. The van der Waals surface area contributed by atoms with Gasteiger partial charge in [-0.25, -0.2) is 8.42 Å². The van der Waals surface area contributed by atoms with Crippen molar-refractivity contribution in [1.29, 1.82) is 0 Å². The summed E-state index contributed by atoms with van der Waals surface area (Å²) in [5.74, 6) is -0.0713. The molecule has 1 saturated heterocycles. The number of aliphatic hydroxyl groups is 1. The number of ether oxygens (including phenoxy) is 1. The Morgan fingerprint density at radius 1 is 1.24 bits per heavy atom. The van der Waals surface area contributed by atoms with Crippen LogP contribution < -0.4 is 20.5 Å². The van der Waals surface area contributed by atoms with Crippen LogP contribution in [-0.2, 0) is 19.6 Å². The number of sulfonamides is 1. The highest BCUT2D eigenvalue weighted by Crippen LogP contribution is 2.24. The van der Waals surface area contributed by atoms with E-state index in [-0.39, 0.29) is 23.4 Å². The van der Waals surface area contributed by atoms with Gasteiger partial charge in [0.15, 0.2) is 0 Å². The lowest BCUT2D eigenvalue weighted by atomic mass is 10.1. The normalized spacial score (nSPS) is 17.0. The topological polar surface area (TPSA) is 151 Å². The van der Waals surface area contributed by atoms with Gasteiger partial charge in [0.25, 0.3) is 0 Å². The van der Waals surface area contributed by atoms with Crippen molar-refractivity contribution in [2.24, 2.45) is 5.73 Å². The lowest BCUT2D eigenvalue weighted by molar-refractivity contribution is -0.135. The van der Waals surface area contributed by atoms with Gasteiger partial charge in [0.2, 0.25) is 21.8 Å². The van der Waals surface area contributed by atoms with Gasteiger partial charge in [-0.1, -0.05) is 12.1 Å². The number of carbonyl (C=O) groups is 2. The number of nitrogens with two attached hydrogens (primary N) is 1.